The van der Waals surface area contributed by atoms with E-state index in [1.807, 2.05) is 176 Å². The molecular weight excluding hydrogens is 1620 g/mol. The van der Waals surface area contributed by atoms with Gasteiger partial charge in [0.15, 0.2) is 22.7 Å². The van der Waals surface area contributed by atoms with Crippen molar-refractivity contribution >= 4 is 154 Å². The van der Waals surface area contributed by atoms with E-state index < -0.39 is 0 Å². The summed E-state index contributed by atoms with van der Waals surface area (Å²) in [5.41, 5.74) is 28.4. The highest BCUT2D eigenvalue weighted by molar-refractivity contribution is 6.16. The number of aromatic nitrogens is 4. The number of hydrogen-bond acceptors (Lipinski definition) is 8. The minimum Gasteiger partial charge on any atom is -0.457 e. The minimum absolute atomic E-state index is 0.0963. The Hall–Kier alpha value is -18.5. The molecule has 0 spiro atoms. The van der Waals surface area contributed by atoms with Gasteiger partial charge in [0.05, 0.1) is 70.4 Å². The largest absolute Gasteiger partial charge is 0.457 e. The normalized spacial score (nSPS) is 12.4. The van der Waals surface area contributed by atoms with Gasteiger partial charge in [0, 0.05) is 123 Å². The maximum Gasteiger partial charge on any atom is 0.230 e. The first-order valence-corrected chi connectivity index (χ1v) is 42.8. The standard InChI is InChI=1S/C39H22N4O2.2C38H22N2O3/c1-40-24-11-16-36-31(19-24)28-7-3-5-9-34(28)42(36)26-14-18-38-33(21-26)30-15-13-27(22-39(30)45-23-44-38)43-35-10-6-4-8-29(35)32-20-25(41-2)12-17-37(32)43;1-39-24-14-17-34-31(20-24)27-7-2-4-11-33(27)40(34)25-15-16-29-32-19-23(13-18-35(32)41-22-42-37(29)21-25)26-9-6-10-30-28-8-3-5-12-36(28)43-38(26)30;1-39-25-12-16-34-31(20-25)27-6-2-4-8-33(27)40(34)26-13-15-30-32-18-23(11-17-35(32)41-22-42-37(30)21-26)24-10-14-29-28-7-3-5-9-36(28)43-38(29)19-24/h3-22H,23H2;2*2-21H,22H2. The van der Waals surface area contributed by atoms with Crippen molar-refractivity contribution in [3.05, 3.63) is 410 Å². The van der Waals surface area contributed by atoms with Crippen LogP contribution in [0.1, 0.15) is 0 Å². The van der Waals surface area contributed by atoms with Crippen LogP contribution >= 0.6 is 0 Å². The molecule has 0 N–H and O–H groups in total. The Labute approximate surface area is 747 Å². The summed E-state index contributed by atoms with van der Waals surface area (Å²) < 4.78 is 58.3. The maximum atomic E-state index is 7.53. The lowest BCUT2D eigenvalue weighted by Gasteiger charge is -2.14. The molecule has 614 valence electrons. The number of benzene rings is 18. The quantitative estimate of drug-likeness (QED) is 0.151. The van der Waals surface area contributed by atoms with E-state index in [9.17, 15) is 0 Å². The molecule has 6 aromatic heterocycles. The second-order valence-electron chi connectivity index (χ2n) is 32.6. The Balaban J connectivity index is 0.000000106. The number of furan rings is 2. The lowest BCUT2D eigenvalue weighted by atomic mass is 9.96. The average Bonchev–Trinajstić information content (AvgIpc) is 1.60. The third-order valence-corrected chi connectivity index (χ3v) is 25.6. The molecule has 18 aromatic carbocycles. The van der Waals surface area contributed by atoms with E-state index in [-0.39, 0.29) is 20.4 Å². The summed E-state index contributed by atoms with van der Waals surface area (Å²) >= 11 is 0. The highest BCUT2D eigenvalue weighted by atomic mass is 16.7. The van der Waals surface area contributed by atoms with E-state index >= 15 is 0 Å². The van der Waals surface area contributed by atoms with E-state index in [1.54, 1.807) is 0 Å². The molecule has 0 fully saturated rings. The molecule has 0 amide bonds. The Morgan fingerprint density at radius 3 is 0.939 bits per heavy atom. The van der Waals surface area contributed by atoms with Crippen LogP contribution in [0.15, 0.2) is 373 Å². The molecule has 24 aromatic rings. The zero-order chi connectivity index (χ0) is 87.1. The molecule has 3 aliphatic heterocycles. The Morgan fingerprint density at radius 2 is 0.504 bits per heavy atom. The second-order valence-corrected chi connectivity index (χ2v) is 32.6. The summed E-state index contributed by atoms with van der Waals surface area (Å²) in [6.07, 6.45) is 0. The van der Waals surface area contributed by atoms with Crippen LogP contribution in [0.3, 0.4) is 0 Å². The number of ether oxygens (including phenoxy) is 6. The van der Waals surface area contributed by atoms with Gasteiger partial charge in [-0.25, -0.2) is 19.4 Å². The highest BCUT2D eigenvalue weighted by Gasteiger charge is 2.28. The van der Waals surface area contributed by atoms with Crippen LogP contribution < -0.4 is 28.4 Å². The lowest BCUT2D eigenvalue weighted by Crippen LogP contribution is -2.04. The first-order chi connectivity index (χ1) is 64.7. The van der Waals surface area contributed by atoms with Crippen molar-refractivity contribution in [2.24, 2.45) is 0 Å². The fourth-order valence-corrected chi connectivity index (χ4v) is 19.6. The summed E-state index contributed by atoms with van der Waals surface area (Å²) in [6.45, 7) is 30.4. The molecule has 0 saturated heterocycles. The molecule has 16 heteroatoms. The fraction of sp³-hybridized carbons (Fsp3) is 0.0261. The number of hydrogen-bond donors (Lipinski definition) is 0. The van der Waals surface area contributed by atoms with Crippen LogP contribution in [0.5, 0.6) is 34.5 Å². The van der Waals surface area contributed by atoms with E-state index in [0.717, 1.165) is 244 Å². The lowest BCUT2D eigenvalue weighted by molar-refractivity contribution is 0.124. The van der Waals surface area contributed by atoms with Crippen molar-refractivity contribution in [2.45, 2.75) is 0 Å². The summed E-state index contributed by atoms with van der Waals surface area (Å²) in [5, 5.41) is 13.1. The molecule has 0 atom stereocenters. The third kappa shape index (κ3) is 12.2. The topological polar surface area (TPSA) is 119 Å². The summed E-state index contributed by atoms with van der Waals surface area (Å²) in [5.74, 6) is 4.55. The van der Waals surface area contributed by atoms with Gasteiger partial charge in [-0.05, 0) is 214 Å². The summed E-state index contributed by atoms with van der Waals surface area (Å²) in [6, 6.07) is 123. The highest BCUT2D eigenvalue weighted by Crippen LogP contribution is 2.50. The van der Waals surface area contributed by atoms with Crippen molar-refractivity contribution in [3.63, 3.8) is 0 Å². The zero-order valence-electron chi connectivity index (χ0n) is 69.6. The molecule has 27 rings (SSSR count). The van der Waals surface area contributed by atoms with Crippen molar-refractivity contribution in [1.82, 2.24) is 18.3 Å². The number of para-hydroxylation sites is 7. The molecule has 0 aliphatic carbocycles. The van der Waals surface area contributed by atoms with E-state index in [1.165, 1.54) is 0 Å². The first kappa shape index (κ1) is 75.1. The van der Waals surface area contributed by atoms with Crippen molar-refractivity contribution in [3.8, 4) is 113 Å². The van der Waals surface area contributed by atoms with Gasteiger partial charge in [0.1, 0.15) is 56.8 Å². The minimum atomic E-state index is 0.0963. The smallest absolute Gasteiger partial charge is 0.230 e. The maximum absolute atomic E-state index is 7.53. The summed E-state index contributed by atoms with van der Waals surface area (Å²) in [7, 11) is 0. The van der Waals surface area contributed by atoms with Crippen molar-refractivity contribution in [2.75, 3.05) is 20.4 Å². The molecular formula is C115H66N8O8. The number of rotatable bonds is 6. The van der Waals surface area contributed by atoms with Crippen LogP contribution in [0.25, 0.3) is 229 Å². The van der Waals surface area contributed by atoms with Gasteiger partial charge in [0.25, 0.3) is 0 Å². The van der Waals surface area contributed by atoms with Crippen molar-refractivity contribution < 1.29 is 37.3 Å². The van der Waals surface area contributed by atoms with Gasteiger partial charge in [-0.3, -0.25) is 0 Å². The molecule has 0 radical (unpaired) electrons. The van der Waals surface area contributed by atoms with E-state index in [0.29, 0.717) is 22.7 Å². The molecule has 9 heterocycles. The molecule has 0 saturated carbocycles. The van der Waals surface area contributed by atoms with Gasteiger partial charge >= 0.3 is 0 Å². The van der Waals surface area contributed by atoms with E-state index in [4.69, 9.17) is 63.5 Å². The Kier molecular flexibility index (Phi) is 17.3. The summed E-state index contributed by atoms with van der Waals surface area (Å²) in [4.78, 5) is 14.6. The third-order valence-electron chi connectivity index (χ3n) is 25.6. The predicted molar refractivity (Wildman–Crippen MR) is 522 cm³/mol. The molecule has 0 unspecified atom stereocenters. The Morgan fingerprint density at radius 1 is 0.191 bits per heavy atom. The van der Waals surface area contributed by atoms with Gasteiger partial charge < -0.3 is 55.5 Å². The number of nitrogens with zero attached hydrogens (tertiary/aromatic N) is 8. The van der Waals surface area contributed by atoms with Crippen LogP contribution in [-0.2, 0) is 0 Å². The van der Waals surface area contributed by atoms with Gasteiger partial charge in [-0.2, -0.15) is 0 Å². The zero-order valence-corrected chi connectivity index (χ0v) is 69.6. The molecule has 16 nitrogen and oxygen atoms in total. The van der Waals surface area contributed by atoms with Crippen LogP contribution in [-0.4, -0.2) is 38.6 Å². The van der Waals surface area contributed by atoms with Gasteiger partial charge in [0.2, 0.25) is 20.4 Å². The van der Waals surface area contributed by atoms with Crippen LogP contribution in [0.2, 0.25) is 0 Å². The predicted octanol–water partition coefficient (Wildman–Crippen LogP) is 31.0. The fourth-order valence-electron chi connectivity index (χ4n) is 19.6. The molecule has 0 bridgehead atoms. The monoisotopic (exact) mass is 1690 g/mol. The SMILES string of the molecule is [C-]#[N+]c1ccc2c(c1)c1ccccc1n2-c1ccc2c(c1)OCOc1ccc(-c3ccc4c(c3)oc3ccccc34)cc1-2.[C-]#[N+]c1ccc2c(c1)c1ccccc1n2-c1ccc2c(c1)OCOc1ccc(-c3cccc4c3oc3ccccc34)cc1-2.[C-]#[N+]c1ccc2c(c1)c1ccccc1n2-c1ccc2c(c1)OCOc1ccc(-n3c4ccccc4c4cc([N+]#[C-])ccc43)cc1-2. The first-order valence-electron chi connectivity index (χ1n) is 42.8. The van der Waals surface area contributed by atoms with Gasteiger partial charge in [-0.15, -0.1) is 0 Å². The van der Waals surface area contributed by atoms with Crippen molar-refractivity contribution in [1.29, 1.82) is 0 Å². The van der Waals surface area contributed by atoms with Gasteiger partial charge in [-0.1, -0.05) is 170 Å². The Bertz CT molecular complexity index is 9210. The van der Waals surface area contributed by atoms with Crippen LogP contribution in [0.4, 0.5) is 22.7 Å². The molecule has 3 aliphatic rings. The van der Waals surface area contributed by atoms with E-state index in [2.05, 4.69) is 226 Å². The van der Waals surface area contributed by atoms with Crippen LogP contribution in [0, 0.1) is 26.3 Å². The molecule has 131 heavy (non-hydrogen) atoms. The number of fused-ring (bicyclic) bond motifs is 27. The average molecular weight is 1690 g/mol. The second kappa shape index (κ2) is 30.2.